The summed E-state index contributed by atoms with van der Waals surface area (Å²) >= 11 is 0. The van der Waals surface area contributed by atoms with Crippen molar-refractivity contribution in [2.75, 3.05) is 33.9 Å². The van der Waals surface area contributed by atoms with Crippen molar-refractivity contribution >= 4 is 0 Å². The topological polar surface area (TPSA) is 24.5 Å². The van der Waals surface area contributed by atoms with E-state index in [4.69, 9.17) is 4.74 Å². The Bertz CT molecular complexity index is 212. The fraction of sp³-hybridized carbons (Fsp3) is 1.00. The van der Waals surface area contributed by atoms with Gasteiger partial charge in [0, 0.05) is 31.2 Å². The van der Waals surface area contributed by atoms with Crippen LogP contribution in [-0.4, -0.2) is 50.8 Å². The molecular weight excluding hydrogens is 200 g/mol. The van der Waals surface area contributed by atoms with Gasteiger partial charge in [0.15, 0.2) is 0 Å². The molecule has 0 radical (unpaired) electrons. The average Bonchev–Trinajstić information content (AvgIpc) is 3.00. The van der Waals surface area contributed by atoms with Gasteiger partial charge in [-0.2, -0.15) is 0 Å². The van der Waals surface area contributed by atoms with Crippen molar-refractivity contribution in [2.24, 2.45) is 11.8 Å². The standard InChI is InChI=1S/C13H26N2O/c1-10(11-4-5-11)15(3)8-13(14-2)12-6-7-16-9-12/h10-14H,4-9H2,1-3H3. The lowest BCUT2D eigenvalue weighted by atomic mass is 9.98. The van der Waals surface area contributed by atoms with Crippen LogP contribution in [0.25, 0.3) is 0 Å². The number of hydrogen-bond acceptors (Lipinski definition) is 3. The van der Waals surface area contributed by atoms with Gasteiger partial charge in [-0.3, -0.25) is 0 Å². The molecule has 1 aliphatic carbocycles. The zero-order chi connectivity index (χ0) is 11.5. The van der Waals surface area contributed by atoms with Gasteiger partial charge in [-0.25, -0.2) is 0 Å². The molecule has 0 amide bonds. The molecule has 2 rings (SSSR count). The molecule has 3 unspecified atom stereocenters. The largest absolute Gasteiger partial charge is 0.381 e. The third-order valence-corrected chi connectivity index (χ3v) is 4.39. The lowest BCUT2D eigenvalue weighted by Gasteiger charge is -2.31. The highest BCUT2D eigenvalue weighted by Gasteiger charge is 2.32. The summed E-state index contributed by atoms with van der Waals surface area (Å²) in [5.41, 5.74) is 0. The molecule has 0 spiro atoms. The van der Waals surface area contributed by atoms with Gasteiger partial charge in [0.05, 0.1) is 6.61 Å². The third-order valence-electron chi connectivity index (χ3n) is 4.39. The van der Waals surface area contributed by atoms with Gasteiger partial charge in [0.25, 0.3) is 0 Å². The van der Waals surface area contributed by atoms with Crippen molar-refractivity contribution in [3.8, 4) is 0 Å². The molecule has 1 N–H and O–H groups in total. The van der Waals surface area contributed by atoms with E-state index in [-0.39, 0.29) is 0 Å². The minimum atomic E-state index is 0.591. The minimum Gasteiger partial charge on any atom is -0.381 e. The van der Waals surface area contributed by atoms with Gasteiger partial charge in [0.2, 0.25) is 0 Å². The Hall–Kier alpha value is -0.120. The first-order valence-corrected chi connectivity index (χ1v) is 6.67. The Morgan fingerprint density at radius 3 is 2.56 bits per heavy atom. The molecule has 16 heavy (non-hydrogen) atoms. The van der Waals surface area contributed by atoms with Crippen molar-refractivity contribution in [3.63, 3.8) is 0 Å². The van der Waals surface area contributed by atoms with Gasteiger partial charge >= 0.3 is 0 Å². The fourth-order valence-corrected chi connectivity index (χ4v) is 2.76. The lowest BCUT2D eigenvalue weighted by molar-refractivity contribution is 0.155. The maximum Gasteiger partial charge on any atom is 0.0510 e. The van der Waals surface area contributed by atoms with E-state index in [1.54, 1.807) is 0 Å². The summed E-state index contributed by atoms with van der Waals surface area (Å²) in [6, 6.07) is 1.34. The number of nitrogens with one attached hydrogen (secondary N) is 1. The Morgan fingerprint density at radius 2 is 2.06 bits per heavy atom. The van der Waals surface area contributed by atoms with Crippen LogP contribution in [0.1, 0.15) is 26.2 Å². The van der Waals surface area contributed by atoms with Crippen molar-refractivity contribution in [3.05, 3.63) is 0 Å². The van der Waals surface area contributed by atoms with Crippen molar-refractivity contribution in [1.29, 1.82) is 0 Å². The normalized spacial score (nSPS) is 29.6. The van der Waals surface area contributed by atoms with Crippen LogP contribution in [0.3, 0.4) is 0 Å². The zero-order valence-electron chi connectivity index (χ0n) is 10.9. The van der Waals surface area contributed by atoms with Crippen LogP contribution in [0.2, 0.25) is 0 Å². The maximum atomic E-state index is 5.48. The highest BCUT2D eigenvalue weighted by Crippen LogP contribution is 2.34. The molecule has 1 aliphatic heterocycles. The Balaban J connectivity index is 1.80. The second-order valence-corrected chi connectivity index (χ2v) is 5.54. The molecule has 94 valence electrons. The average molecular weight is 226 g/mol. The lowest BCUT2D eigenvalue weighted by Crippen LogP contribution is -2.46. The molecule has 0 aromatic rings. The minimum absolute atomic E-state index is 0.591. The summed E-state index contributed by atoms with van der Waals surface area (Å²) in [4.78, 5) is 2.52. The van der Waals surface area contributed by atoms with Gasteiger partial charge in [-0.05, 0) is 46.2 Å². The summed E-state index contributed by atoms with van der Waals surface area (Å²) in [6.07, 6.45) is 4.09. The van der Waals surface area contributed by atoms with Crippen LogP contribution in [0.15, 0.2) is 0 Å². The monoisotopic (exact) mass is 226 g/mol. The second-order valence-electron chi connectivity index (χ2n) is 5.54. The van der Waals surface area contributed by atoms with E-state index in [2.05, 4.69) is 31.2 Å². The van der Waals surface area contributed by atoms with Gasteiger partial charge in [0.1, 0.15) is 0 Å². The van der Waals surface area contributed by atoms with Gasteiger partial charge < -0.3 is 15.0 Å². The van der Waals surface area contributed by atoms with Crippen LogP contribution in [0, 0.1) is 11.8 Å². The molecule has 0 bridgehead atoms. The molecular formula is C13H26N2O. The van der Waals surface area contributed by atoms with Crippen LogP contribution in [0.4, 0.5) is 0 Å². The van der Waals surface area contributed by atoms with Gasteiger partial charge in [-0.1, -0.05) is 0 Å². The Kier molecular flexibility index (Phi) is 4.22. The Morgan fingerprint density at radius 1 is 1.31 bits per heavy atom. The van der Waals surface area contributed by atoms with Crippen LogP contribution < -0.4 is 5.32 Å². The molecule has 2 fully saturated rings. The molecule has 1 saturated carbocycles. The highest BCUT2D eigenvalue weighted by molar-refractivity contribution is 4.87. The predicted octanol–water partition coefficient (Wildman–Crippen LogP) is 1.34. The summed E-state index contributed by atoms with van der Waals surface area (Å²) in [7, 11) is 4.35. The third kappa shape index (κ3) is 2.96. The summed E-state index contributed by atoms with van der Waals surface area (Å²) in [5.74, 6) is 1.67. The quantitative estimate of drug-likeness (QED) is 0.740. The molecule has 2 aliphatic rings. The molecule has 1 saturated heterocycles. The summed E-state index contributed by atoms with van der Waals surface area (Å²) in [5, 5.41) is 3.47. The van der Waals surface area contributed by atoms with Crippen LogP contribution >= 0.6 is 0 Å². The smallest absolute Gasteiger partial charge is 0.0510 e. The molecule has 1 heterocycles. The van der Waals surface area contributed by atoms with Crippen molar-refractivity contribution in [2.45, 2.75) is 38.3 Å². The van der Waals surface area contributed by atoms with E-state index >= 15 is 0 Å². The van der Waals surface area contributed by atoms with Crippen LogP contribution in [-0.2, 0) is 4.74 Å². The maximum absolute atomic E-state index is 5.48. The predicted molar refractivity (Wildman–Crippen MR) is 66.6 cm³/mol. The Labute approximate surface area is 99.5 Å². The number of rotatable bonds is 6. The number of hydrogen-bond donors (Lipinski definition) is 1. The molecule has 0 aromatic heterocycles. The van der Waals surface area contributed by atoms with Gasteiger partial charge in [-0.15, -0.1) is 0 Å². The van der Waals surface area contributed by atoms with E-state index in [0.717, 1.165) is 31.7 Å². The van der Waals surface area contributed by atoms with E-state index in [0.29, 0.717) is 12.0 Å². The number of ether oxygens (including phenoxy) is 1. The molecule has 3 heteroatoms. The van der Waals surface area contributed by atoms with E-state index in [9.17, 15) is 0 Å². The van der Waals surface area contributed by atoms with E-state index in [1.165, 1.54) is 19.3 Å². The highest BCUT2D eigenvalue weighted by atomic mass is 16.5. The SMILES string of the molecule is CNC(CN(C)C(C)C1CC1)C1CCOC1. The fourth-order valence-electron chi connectivity index (χ4n) is 2.76. The molecule has 3 atom stereocenters. The molecule has 0 aromatic carbocycles. The first-order valence-electron chi connectivity index (χ1n) is 6.67. The first-order chi connectivity index (χ1) is 7.72. The molecule has 3 nitrogen and oxygen atoms in total. The van der Waals surface area contributed by atoms with E-state index in [1.807, 2.05) is 0 Å². The summed E-state index contributed by atoms with van der Waals surface area (Å²) < 4.78 is 5.48. The second kappa shape index (κ2) is 5.48. The number of nitrogens with zero attached hydrogens (tertiary/aromatic N) is 1. The number of likely N-dealkylation sites (N-methyl/N-ethyl adjacent to an activating group) is 2. The summed E-state index contributed by atoms with van der Waals surface area (Å²) in [6.45, 7) is 5.42. The van der Waals surface area contributed by atoms with Crippen LogP contribution in [0.5, 0.6) is 0 Å². The zero-order valence-corrected chi connectivity index (χ0v) is 10.9. The van der Waals surface area contributed by atoms with E-state index < -0.39 is 0 Å². The van der Waals surface area contributed by atoms with Crippen molar-refractivity contribution < 1.29 is 4.74 Å². The first kappa shape index (κ1) is 12.3. The van der Waals surface area contributed by atoms with Crippen molar-refractivity contribution in [1.82, 2.24) is 10.2 Å².